The largest absolute Gasteiger partial charge is 0.481 e. The van der Waals surface area contributed by atoms with Crippen LogP contribution in [0.15, 0.2) is 16.7 Å². The highest BCUT2D eigenvalue weighted by Crippen LogP contribution is 2.15. The number of hydrogen-bond acceptors (Lipinski definition) is 2. The Morgan fingerprint density at radius 3 is 2.74 bits per heavy atom. The Morgan fingerprint density at radius 1 is 1.47 bits per heavy atom. The number of H-pyrrole nitrogens is 1. The van der Waals surface area contributed by atoms with Crippen LogP contribution in [0, 0.1) is 5.92 Å². The molecule has 1 unspecified atom stereocenters. The van der Waals surface area contributed by atoms with Crippen molar-refractivity contribution in [2.75, 3.05) is 6.54 Å². The number of halogens is 1. The molecule has 0 bridgehead atoms. The van der Waals surface area contributed by atoms with Crippen molar-refractivity contribution in [2.24, 2.45) is 5.92 Å². The van der Waals surface area contributed by atoms with Crippen LogP contribution < -0.4 is 5.32 Å². The molecule has 0 radical (unpaired) electrons. The summed E-state index contributed by atoms with van der Waals surface area (Å²) in [7, 11) is 0. The predicted octanol–water partition coefficient (Wildman–Crippen LogP) is 2.79. The molecule has 1 aromatic heterocycles. The number of carbonyl (C=O) groups excluding carboxylic acids is 1. The van der Waals surface area contributed by atoms with Crippen molar-refractivity contribution < 1.29 is 14.7 Å². The molecular formula is C13H19BrN2O3. The Bertz CT molecular complexity index is 431. The van der Waals surface area contributed by atoms with Crippen molar-refractivity contribution in [3.8, 4) is 0 Å². The van der Waals surface area contributed by atoms with Gasteiger partial charge >= 0.3 is 5.97 Å². The van der Waals surface area contributed by atoms with Crippen molar-refractivity contribution >= 4 is 27.8 Å². The van der Waals surface area contributed by atoms with E-state index in [0.29, 0.717) is 24.6 Å². The summed E-state index contributed by atoms with van der Waals surface area (Å²) in [6, 6.07) is 1.72. The molecule has 1 atom stereocenters. The number of carbonyl (C=O) groups is 2. The molecule has 19 heavy (non-hydrogen) atoms. The fourth-order valence-electron chi connectivity index (χ4n) is 1.86. The van der Waals surface area contributed by atoms with E-state index in [1.165, 1.54) is 0 Å². The Labute approximate surface area is 120 Å². The first kappa shape index (κ1) is 15.8. The normalized spacial score (nSPS) is 12.1. The lowest BCUT2D eigenvalue weighted by Gasteiger charge is -2.13. The smallest absolute Gasteiger partial charge is 0.303 e. The molecule has 0 aliphatic rings. The second-order valence-corrected chi connectivity index (χ2v) is 5.40. The van der Waals surface area contributed by atoms with Crippen LogP contribution in [0.3, 0.4) is 0 Å². The summed E-state index contributed by atoms with van der Waals surface area (Å²) in [5.41, 5.74) is 0.519. The van der Waals surface area contributed by atoms with Crippen LogP contribution in [0.5, 0.6) is 0 Å². The first-order valence-electron chi connectivity index (χ1n) is 6.36. The monoisotopic (exact) mass is 330 g/mol. The molecule has 106 valence electrons. The van der Waals surface area contributed by atoms with Crippen molar-refractivity contribution in [1.82, 2.24) is 10.3 Å². The van der Waals surface area contributed by atoms with Gasteiger partial charge in [-0.05, 0) is 40.8 Å². The summed E-state index contributed by atoms with van der Waals surface area (Å²) in [4.78, 5) is 25.1. The van der Waals surface area contributed by atoms with Gasteiger partial charge in [0.2, 0.25) is 0 Å². The van der Waals surface area contributed by atoms with E-state index in [-0.39, 0.29) is 12.3 Å². The average molecular weight is 331 g/mol. The second kappa shape index (κ2) is 7.99. The predicted molar refractivity (Wildman–Crippen MR) is 76.1 cm³/mol. The molecule has 0 aliphatic heterocycles. The third-order valence-corrected chi connectivity index (χ3v) is 3.53. The van der Waals surface area contributed by atoms with Crippen LogP contribution in [0.4, 0.5) is 0 Å². The number of aromatic nitrogens is 1. The van der Waals surface area contributed by atoms with E-state index in [2.05, 4.69) is 26.2 Å². The van der Waals surface area contributed by atoms with Crippen LogP contribution in [0.2, 0.25) is 0 Å². The molecule has 0 aromatic carbocycles. The number of amides is 1. The summed E-state index contributed by atoms with van der Waals surface area (Å²) in [6.45, 7) is 2.60. The number of carboxylic acids is 1. The van der Waals surface area contributed by atoms with Crippen molar-refractivity contribution in [1.29, 1.82) is 0 Å². The van der Waals surface area contributed by atoms with Gasteiger partial charge < -0.3 is 15.4 Å². The lowest BCUT2D eigenvalue weighted by Crippen LogP contribution is -2.26. The van der Waals surface area contributed by atoms with Gasteiger partial charge in [-0.3, -0.25) is 9.59 Å². The minimum Gasteiger partial charge on any atom is -0.481 e. The Morgan fingerprint density at radius 2 is 2.21 bits per heavy atom. The first-order chi connectivity index (χ1) is 9.02. The average Bonchev–Trinajstić information content (AvgIpc) is 2.79. The molecule has 0 saturated carbocycles. The number of nitrogens with one attached hydrogen (secondary N) is 2. The highest BCUT2D eigenvalue weighted by molar-refractivity contribution is 9.10. The van der Waals surface area contributed by atoms with Gasteiger partial charge in [0.1, 0.15) is 5.69 Å². The SMILES string of the molecule is CCC(CCNC(=O)c1cc(Br)c[nH]1)CCC(=O)O. The van der Waals surface area contributed by atoms with E-state index in [1.807, 2.05) is 6.92 Å². The molecule has 6 heteroatoms. The molecule has 5 nitrogen and oxygen atoms in total. The van der Waals surface area contributed by atoms with Gasteiger partial charge in [-0.1, -0.05) is 13.3 Å². The van der Waals surface area contributed by atoms with Crippen molar-refractivity contribution in [3.63, 3.8) is 0 Å². The van der Waals surface area contributed by atoms with Crippen LogP contribution in [-0.4, -0.2) is 28.5 Å². The van der Waals surface area contributed by atoms with Gasteiger partial charge in [-0.15, -0.1) is 0 Å². The van der Waals surface area contributed by atoms with Crippen LogP contribution in [0.1, 0.15) is 43.1 Å². The fourth-order valence-corrected chi connectivity index (χ4v) is 2.21. The lowest BCUT2D eigenvalue weighted by molar-refractivity contribution is -0.137. The molecule has 3 N–H and O–H groups in total. The summed E-state index contributed by atoms with van der Waals surface area (Å²) in [5.74, 6) is -0.565. The van der Waals surface area contributed by atoms with Gasteiger partial charge in [0.15, 0.2) is 0 Å². The van der Waals surface area contributed by atoms with E-state index in [4.69, 9.17) is 5.11 Å². The molecular weight excluding hydrogens is 312 g/mol. The zero-order valence-electron chi connectivity index (χ0n) is 10.9. The zero-order chi connectivity index (χ0) is 14.3. The zero-order valence-corrected chi connectivity index (χ0v) is 12.5. The molecule has 1 amide bonds. The molecule has 0 aliphatic carbocycles. The van der Waals surface area contributed by atoms with E-state index < -0.39 is 5.97 Å². The van der Waals surface area contributed by atoms with Crippen molar-refractivity contribution in [2.45, 2.75) is 32.6 Å². The number of carboxylic acid groups (broad SMARTS) is 1. The van der Waals surface area contributed by atoms with E-state index in [1.54, 1.807) is 12.3 Å². The van der Waals surface area contributed by atoms with E-state index in [0.717, 1.165) is 17.3 Å². The molecule has 0 fully saturated rings. The standard InChI is InChI=1S/C13H19BrN2O3/c1-2-9(3-4-12(17)18)5-6-15-13(19)11-7-10(14)8-16-11/h7-9,16H,2-6H2,1H3,(H,15,19)(H,17,18). The van der Waals surface area contributed by atoms with Gasteiger partial charge in [0.25, 0.3) is 5.91 Å². The summed E-state index contributed by atoms with van der Waals surface area (Å²) in [6.07, 6.45) is 4.29. The Balaban J connectivity index is 2.28. The fraction of sp³-hybridized carbons (Fsp3) is 0.538. The van der Waals surface area contributed by atoms with Gasteiger partial charge in [-0.25, -0.2) is 0 Å². The van der Waals surface area contributed by atoms with Gasteiger partial charge in [0.05, 0.1) is 0 Å². The first-order valence-corrected chi connectivity index (χ1v) is 7.16. The lowest BCUT2D eigenvalue weighted by atomic mass is 9.96. The van der Waals surface area contributed by atoms with Crippen molar-refractivity contribution in [3.05, 3.63) is 22.4 Å². The maximum atomic E-state index is 11.7. The van der Waals surface area contributed by atoms with E-state index >= 15 is 0 Å². The number of rotatable bonds is 8. The summed E-state index contributed by atoms with van der Waals surface area (Å²) in [5, 5.41) is 11.5. The molecule has 1 heterocycles. The highest BCUT2D eigenvalue weighted by atomic mass is 79.9. The maximum Gasteiger partial charge on any atom is 0.303 e. The van der Waals surface area contributed by atoms with Crippen LogP contribution in [-0.2, 0) is 4.79 Å². The number of hydrogen-bond donors (Lipinski definition) is 3. The van der Waals surface area contributed by atoms with Crippen LogP contribution >= 0.6 is 15.9 Å². The molecule has 1 aromatic rings. The molecule has 1 rings (SSSR count). The third-order valence-electron chi connectivity index (χ3n) is 3.07. The minimum absolute atomic E-state index is 0.140. The number of aromatic amines is 1. The summed E-state index contributed by atoms with van der Waals surface area (Å²) < 4.78 is 0.838. The number of aliphatic carboxylic acids is 1. The van der Waals surface area contributed by atoms with Gasteiger partial charge in [-0.2, -0.15) is 0 Å². The maximum absolute atomic E-state index is 11.7. The summed E-state index contributed by atoms with van der Waals surface area (Å²) >= 11 is 3.27. The second-order valence-electron chi connectivity index (χ2n) is 4.48. The van der Waals surface area contributed by atoms with E-state index in [9.17, 15) is 9.59 Å². The third kappa shape index (κ3) is 5.92. The molecule has 0 saturated heterocycles. The highest BCUT2D eigenvalue weighted by Gasteiger charge is 2.11. The quantitative estimate of drug-likeness (QED) is 0.685. The Kier molecular flexibility index (Phi) is 6.62. The Hall–Kier alpha value is -1.30. The van der Waals surface area contributed by atoms with Gasteiger partial charge in [0, 0.05) is 23.6 Å². The topological polar surface area (TPSA) is 82.2 Å². The van der Waals surface area contributed by atoms with Crippen LogP contribution in [0.25, 0.3) is 0 Å². The molecule has 0 spiro atoms. The minimum atomic E-state index is -0.765.